The summed E-state index contributed by atoms with van der Waals surface area (Å²) in [5, 5.41) is 0. The van der Waals surface area contributed by atoms with Gasteiger partial charge in [-0.05, 0) is 62.0 Å². The van der Waals surface area contributed by atoms with Crippen LogP contribution in [0.15, 0.2) is 12.1 Å². The van der Waals surface area contributed by atoms with Gasteiger partial charge in [-0.1, -0.05) is 13.8 Å². The summed E-state index contributed by atoms with van der Waals surface area (Å²) in [5.74, 6) is -1.76. The van der Waals surface area contributed by atoms with Gasteiger partial charge in [-0.2, -0.15) is 21.6 Å². The highest BCUT2D eigenvalue weighted by atomic mass is 32.2. The number of carbonyl (C=O) groups is 1. The lowest BCUT2D eigenvalue weighted by Crippen LogP contribution is -2.37. The minimum Gasteiger partial charge on any atom is -0.423 e. The molecular formula is C18H24F3NO5S. The van der Waals surface area contributed by atoms with Gasteiger partial charge in [0.05, 0.1) is 0 Å². The summed E-state index contributed by atoms with van der Waals surface area (Å²) in [6.07, 6.45) is 3.11. The highest BCUT2D eigenvalue weighted by Crippen LogP contribution is 2.39. The van der Waals surface area contributed by atoms with Crippen LogP contribution in [0.25, 0.3) is 0 Å². The first-order valence-corrected chi connectivity index (χ1v) is 10.5. The Labute approximate surface area is 162 Å². The molecule has 0 spiro atoms. The molecule has 0 fully saturated rings. The molecule has 158 valence electrons. The molecule has 10 heteroatoms. The summed E-state index contributed by atoms with van der Waals surface area (Å²) in [6.45, 7) is 6.97. The normalized spacial score (nSPS) is 16.9. The zero-order valence-electron chi connectivity index (χ0n) is 16.0. The Morgan fingerprint density at radius 3 is 2.04 bits per heavy atom. The van der Waals surface area contributed by atoms with Gasteiger partial charge >= 0.3 is 21.6 Å². The van der Waals surface area contributed by atoms with Gasteiger partial charge in [0.15, 0.2) is 11.5 Å². The predicted molar refractivity (Wildman–Crippen MR) is 96.7 cm³/mol. The van der Waals surface area contributed by atoms with Crippen LogP contribution in [-0.2, 0) is 27.8 Å². The third-order valence-corrected chi connectivity index (χ3v) is 5.42. The maximum absolute atomic E-state index is 12.7. The Kier molecular flexibility index (Phi) is 6.97. The predicted octanol–water partition coefficient (Wildman–Crippen LogP) is 3.43. The van der Waals surface area contributed by atoms with Gasteiger partial charge in [-0.15, -0.1) is 0 Å². The molecule has 28 heavy (non-hydrogen) atoms. The van der Waals surface area contributed by atoms with Crippen molar-refractivity contribution in [2.45, 2.75) is 58.0 Å². The number of hydrogen-bond donors (Lipinski definition) is 0. The summed E-state index contributed by atoms with van der Waals surface area (Å²) in [4.78, 5) is 13.6. The number of fused-ring (bicyclic) bond motifs is 1. The van der Waals surface area contributed by atoms with Crippen LogP contribution in [0.2, 0.25) is 0 Å². The summed E-state index contributed by atoms with van der Waals surface area (Å²) in [5.41, 5.74) is -4.10. The third-order valence-electron chi connectivity index (χ3n) is 4.45. The van der Waals surface area contributed by atoms with E-state index in [1.54, 1.807) is 0 Å². The molecule has 0 amide bonds. The fourth-order valence-corrected chi connectivity index (χ4v) is 3.84. The van der Waals surface area contributed by atoms with Crippen LogP contribution in [0.5, 0.6) is 11.5 Å². The fraction of sp³-hybridized carbons (Fsp3) is 0.611. The zero-order valence-corrected chi connectivity index (χ0v) is 16.8. The molecule has 1 aliphatic carbocycles. The van der Waals surface area contributed by atoms with Gasteiger partial charge in [0.2, 0.25) is 0 Å². The Hall–Kier alpha value is -1.81. The number of esters is 1. The molecule has 0 aliphatic heterocycles. The van der Waals surface area contributed by atoms with Crippen molar-refractivity contribution in [3.63, 3.8) is 0 Å². The van der Waals surface area contributed by atoms with Crippen molar-refractivity contribution in [3.05, 3.63) is 23.3 Å². The highest BCUT2D eigenvalue weighted by molar-refractivity contribution is 7.88. The Morgan fingerprint density at radius 1 is 1.11 bits per heavy atom. The van der Waals surface area contributed by atoms with Crippen LogP contribution in [0.4, 0.5) is 13.2 Å². The minimum atomic E-state index is -5.88. The van der Waals surface area contributed by atoms with Gasteiger partial charge < -0.3 is 8.92 Å². The molecular weight excluding hydrogens is 399 g/mol. The second-order valence-electron chi connectivity index (χ2n) is 6.74. The largest absolute Gasteiger partial charge is 0.534 e. The quantitative estimate of drug-likeness (QED) is 0.276. The van der Waals surface area contributed by atoms with E-state index in [2.05, 4.69) is 22.9 Å². The Morgan fingerprint density at radius 2 is 1.61 bits per heavy atom. The monoisotopic (exact) mass is 423 g/mol. The van der Waals surface area contributed by atoms with Crippen molar-refractivity contribution < 1.29 is 35.3 Å². The maximum atomic E-state index is 12.7. The van der Waals surface area contributed by atoms with E-state index in [4.69, 9.17) is 4.74 Å². The SMILES string of the molecule is CCCN(CCC)C1Cc2cc(OC(C)=O)c(OS(=O)(=O)C(F)(F)F)cc2C1. The van der Waals surface area contributed by atoms with Crippen molar-refractivity contribution in [1.29, 1.82) is 0 Å². The molecule has 1 unspecified atom stereocenters. The Bertz CT molecular complexity index is 817. The summed E-state index contributed by atoms with van der Waals surface area (Å²) >= 11 is 0. The molecule has 0 aromatic heterocycles. The van der Waals surface area contributed by atoms with Crippen LogP contribution in [-0.4, -0.2) is 43.9 Å². The first-order chi connectivity index (χ1) is 13.0. The zero-order chi connectivity index (χ0) is 21.1. The van der Waals surface area contributed by atoms with Gasteiger partial charge in [-0.3, -0.25) is 9.69 Å². The fourth-order valence-electron chi connectivity index (χ4n) is 3.38. The van der Waals surface area contributed by atoms with E-state index in [-0.39, 0.29) is 11.8 Å². The van der Waals surface area contributed by atoms with Crippen molar-refractivity contribution in [2.24, 2.45) is 0 Å². The van der Waals surface area contributed by atoms with Crippen molar-refractivity contribution in [1.82, 2.24) is 4.90 Å². The molecule has 2 rings (SSSR count). The van der Waals surface area contributed by atoms with Crippen molar-refractivity contribution in [2.75, 3.05) is 13.1 Å². The van der Waals surface area contributed by atoms with Crippen LogP contribution in [0.1, 0.15) is 44.7 Å². The topological polar surface area (TPSA) is 72.9 Å². The number of nitrogens with zero attached hydrogens (tertiary/aromatic N) is 1. The number of ether oxygens (including phenoxy) is 1. The smallest absolute Gasteiger partial charge is 0.423 e. The average molecular weight is 423 g/mol. The standard InChI is InChI=1S/C18H24F3NO5S/c1-4-6-22(7-5-2)15-8-13-10-16(26-12(3)23)17(11-14(13)9-15)27-28(24,25)18(19,20)21/h10-11,15H,4-9H2,1-3H3. The van der Waals surface area contributed by atoms with E-state index in [9.17, 15) is 26.4 Å². The second-order valence-corrected chi connectivity index (χ2v) is 8.28. The van der Waals surface area contributed by atoms with Gasteiger partial charge in [0, 0.05) is 13.0 Å². The van der Waals surface area contributed by atoms with Gasteiger partial charge in [0.25, 0.3) is 0 Å². The Balaban J connectivity index is 2.37. The molecule has 0 heterocycles. The van der Waals surface area contributed by atoms with Crippen LogP contribution >= 0.6 is 0 Å². The van der Waals surface area contributed by atoms with E-state index in [1.807, 2.05) is 0 Å². The first kappa shape index (κ1) is 22.5. The lowest BCUT2D eigenvalue weighted by Gasteiger charge is -2.27. The van der Waals surface area contributed by atoms with Gasteiger partial charge in [0.1, 0.15) is 0 Å². The van der Waals surface area contributed by atoms with Gasteiger partial charge in [-0.25, -0.2) is 0 Å². The van der Waals surface area contributed by atoms with E-state index < -0.39 is 27.3 Å². The number of alkyl halides is 3. The molecule has 1 aromatic carbocycles. The van der Waals surface area contributed by atoms with E-state index in [0.29, 0.717) is 18.4 Å². The number of hydrogen-bond acceptors (Lipinski definition) is 6. The molecule has 0 saturated heterocycles. The van der Waals surface area contributed by atoms with Crippen LogP contribution in [0.3, 0.4) is 0 Å². The van der Waals surface area contributed by atoms with Crippen molar-refractivity contribution in [3.8, 4) is 11.5 Å². The molecule has 0 N–H and O–H groups in total. The molecule has 1 atom stereocenters. The lowest BCUT2D eigenvalue weighted by molar-refractivity contribution is -0.131. The second kappa shape index (κ2) is 8.69. The van der Waals surface area contributed by atoms with Crippen LogP contribution in [0, 0.1) is 0 Å². The molecule has 0 bridgehead atoms. The minimum absolute atomic E-state index is 0.148. The molecule has 6 nitrogen and oxygen atoms in total. The number of benzene rings is 1. The average Bonchev–Trinajstić information content (AvgIpc) is 2.95. The lowest BCUT2D eigenvalue weighted by atomic mass is 10.1. The summed E-state index contributed by atoms with van der Waals surface area (Å²) in [7, 11) is -5.88. The maximum Gasteiger partial charge on any atom is 0.534 e. The molecule has 0 saturated carbocycles. The van der Waals surface area contributed by atoms with E-state index in [1.165, 1.54) is 12.1 Å². The van der Waals surface area contributed by atoms with E-state index >= 15 is 0 Å². The summed E-state index contributed by atoms with van der Waals surface area (Å²) < 4.78 is 70.1. The highest BCUT2D eigenvalue weighted by Gasteiger charge is 2.49. The van der Waals surface area contributed by atoms with E-state index in [0.717, 1.165) is 38.4 Å². The summed E-state index contributed by atoms with van der Waals surface area (Å²) in [6, 6.07) is 2.77. The number of carbonyl (C=O) groups excluding carboxylic acids is 1. The van der Waals surface area contributed by atoms with Crippen LogP contribution < -0.4 is 8.92 Å². The third kappa shape index (κ3) is 5.16. The molecule has 1 aromatic rings. The number of rotatable bonds is 8. The first-order valence-electron chi connectivity index (χ1n) is 9.07. The number of halogens is 3. The molecule has 1 aliphatic rings. The molecule has 0 radical (unpaired) electrons. The van der Waals surface area contributed by atoms with Crippen molar-refractivity contribution >= 4 is 16.1 Å².